The third kappa shape index (κ3) is 2.89. The van der Waals surface area contributed by atoms with Gasteiger partial charge in [-0.1, -0.05) is 23.2 Å². The van der Waals surface area contributed by atoms with Crippen molar-refractivity contribution in [1.29, 1.82) is 0 Å². The predicted molar refractivity (Wildman–Crippen MR) is 48.1 cm³/mol. The van der Waals surface area contributed by atoms with E-state index in [1.807, 2.05) is 0 Å². The minimum atomic E-state index is -4.92. The minimum absolute atomic E-state index is 0.586. The number of ether oxygens (including phenoxy) is 1. The fourth-order valence-corrected chi connectivity index (χ4v) is 1.46. The van der Waals surface area contributed by atoms with Gasteiger partial charge in [0.25, 0.3) is 0 Å². The molecule has 0 N–H and O–H groups in total. The second-order valence-electron chi connectivity index (χ2n) is 2.61. The first-order chi connectivity index (χ1) is 7.23. The van der Waals surface area contributed by atoms with E-state index in [0.29, 0.717) is 0 Å². The average Bonchev–Trinajstić information content (AvgIpc) is 2.08. The highest BCUT2D eigenvalue weighted by Crippen LogP contribution is 2.44. The molecule has 0 unspecified atom stereocenters. The van der Waals surface area contributed by atoms with Crippen LogP contribution in [0.2, 0.25) is 10.0 Å². The van der Waals surface area contributed by atoms with E-state index >= 15 is 0 Å². The SMILES string of the molecule is FC(F)Oc1c(Cl)ccc(Cl)c1C(F)(F)F. The van der Waals surface area contributed by atoms with Gasteiger partial charge in [-0.15, -0.1) is 0 Å². The topological polar surface area (TPSA) is 9.23 Å². The Morgan fingerprint density at radius 2 is 1.56 bits per heavy atom. The van der Waals surface area contributed by atoms with Gasteiger partial charge in [-0.05, 0) is 12.1 Å². The third-order valence-electron chi connectivity index (χ3n) is 1.55. The van der Waals surface area contributed by atoms with E-state index in [4.69, 9.17) is 23.2 Å². The van der Waals surface area contributed by atoms with Crippen molar-refractivity contribution in [3.05, 3.63) is 27.7 Å². The Balaban J connectivity index is 3.37. The lowest BCUT2D eigenvalue weighted by molar-refractivity contribution is -0.141. The number of alkyl halides is 5. The predicted octanol–water partition coefficient (Wildman–Crippen LogP) is 4.61. The fraction of sp³-hybridized carbons (Fsp3) is 0.250. The molecule has 1 aromatic rings. The molecule has 0 aliphatic carbocycles. The molecule has 1 rings (SSSR count). The minimum Gasteiger partial charge on any atom is -0.433 e. The van der Waals surface area contributed by atoms with Crippen molar-refractivity contribution in [3.63, 3.8) is 0 Å². The molecule has 8 heteroatoms. The maximum Gasteiger partial charge on any atom is 0.421 e. The molecular weight excluding hydrogens is 278 g/mol. The zero-order valence-electron chi connectivity index (χ0n) is 7.29. The highest BCUT2D eigenvalue weighted by molar-refractivity contribution is 6.35. The molecule has 0 saturated heterocycles. The van der Waals surface area contributed by atoms with Crippen LogP contribution in [0.25, 0.3) is 0 Å². The Morgan fingerprint density at radius 1 is 1.06 bits per heavy atom. The maximum absolute atomic E-state index is 12.5. The number of halogens is 7. The third-order valence-corrected chi connectivity index (χ3v) is 2.16. The Labute approximate surface area is 96.7 Å². The van der Waals surface area contributed by atoms with Crippen LogP contribution in [0.4, 0.5) is 22.0 Å². The van der Waals surface area contributed by atoms with Crippen LogP contribution in [0.15, 0.2) is 12.1 Å². The molecule has 16 heavy (non-hydrogen) atoms. The smallest absolute Gasteiger partial charge is 0.421 e. The lowest BCUT2D eigenvalue weighted by atomic mass is 10.2. The van der Waals surface area contributed by atoms with Crippen molar-refractivity contribution in [2.75, 3.05) is 0 Å². The number of hydrogen-bond donors (Lipinski definition) is 0. The summed E-state index contributed by atoms with van der Waals surface area (Å²) in [5.41, 5.74) is -1.51. The average molecular weight is 281 g/mol. The molecule has 1 aromatic carbocycles. The van der Waals surface area contributed by atoms with Crippen molar-refractivity contribution in [2.45, 2.75) is 12.8 Å². The molecule has 0 fully saturated rings. The molecule has 0 aromatic heterocycles. The van der Waals surface area contributed by atoms with Crippen LogP contribution in [-0.4, -0.2) is 6.61 Å². The van der Waals surface area contributed by atoms with Gasteiger partial charge in [-0.3, -0.25) is 0 Å². The van der Waals surface area contributed by atoms with Crippen LogP contribution in [0.5, 0.6) is 5.75 Å². The molecule has 0 spiro atoms. The number of hydrogen-bond acceptors (Lipinski definition) is 1. The van der Waals surface area contributed by atoms with Crippen LogP contribution >= 0.6 is 23.2 Å². The molecule has 0 aliphatic heterocycles. The monoisotopic (exact) mass is 280 g/mol. The Bertz CT molecular complexity index is 391. The highest BCUT2D eigenvalue weighted by atomic mass is 35.5. The normalized spacial score (nSPS) is 12.0. The quantitative estimate of drug-likeness (QED) is 0.719. The molecular formula is C8H3Cl2F5O. The Morgan fingerprint density at radius 3 is 2.00 bits per heavy atom. The Hall–Kier alpha value is -0.750. The van der Waals surface area contributed by atoms with Gasteiger partial charge in [0.1, 0.15) is 5.56 Å². The Kier molecular flexibility index (Phi) is 3.85. The van der Waals surface area contributed by atoms with Gasteiger partial charge < -0.3 is 4.74 Å². The molecule has 0 radical (unpaired) electrons. The van der Waals surface area contributed by atoms with Crippen LogP contribution in [0.3, 0.4) is 0 Å². The van der Waals surface area contributed by atoms with Gasteiger partial charge in [0.05, 0.1) is 10.0 Å². The first kappa shape index (κ1) is 13.3. The number of benzene rings is 1. The highest BCUT2D eigenvalue weighted by Gasteiger charge is 2.38. The van der Waals surface area contributed by atoms with Crippen LogP contribution in [0, 0.1) is 0 Å². The van der Waals surface area contributed by atoms with Gasteiger partial charge >= 0.3 is 12.8 Å². The molecule has 0 bridgehead atoms. The van der Waals surface area contributed by atoms with Crippen molar-refractivity contribution < 1.29 is 26.7 Å². The fourth-order valence-electron chi connectivity index (χ4n) is 1.00. The molecule has 90 valence electrons. The summed E-state index contributed by atoms with van der Waals surface area (Å²) in [5.74, 6) is -1.17. The molecule has 0 amide bonds. The summed E-state index contributed by atoms with van der Waals surface area (Å²) in [6, 6.07) is 1.79. The first-order valence-electron chi connectivity index (χ1n) is 3.73. The largest absolute Gasteiger partial charge is 0.433 e. The summed E-state index contributed by atoms with van der Waals surface area (Å²) in [6.07, 6.45) is -4.92. The van der Waals surface area contributed by atoms with E-state index < -0.39 is 34.1 Å². The van der Waals surface area contributed by atoms with Crippen LogP contribution < -0.4 is 4.74 Å². The lowest BCUT2D eigenvalue weighted by Gasteiger charge is -2.15. The summed E-state index contributed by atoms with van der Waals surface area (Å²) in [4.78, 5) is 0. The van der Waals surface area contributed by atoms with Gasteiger partial charge in [-0.25, -0.2) is 0 Å². The molecule has 0 saturated carbocycles. The number of rotatable bonds is 2. The van der Waals surface area contributed by atoms with Crippen molar-refractivity contribution in [1.82, 2.24) is 0 Å². The van der Waals surface area contributed by atoms with E-state index in [2.05, 4.69) is 4.74 Å². The second-order valence-corrected chi connectivity index (χ2v) is 3.42. The zero-order valence-corrected chi connectivity index (χ0v) is 8.80. The molecule has 0 atom stereocenters. The summed E-state index contributed by atoms with van der Waals surface area (Å²) < 4.78 is 64.9. The maximum atomic E-state index is 12.5. The van der Waals surface area contributed by atoms with Crippen molar-refractivity contribution in [2.24, 2.45) is 0 Å². The second kappa shape index (κ2) is 4.63. The van der Waals surface area contributed by atoms with Crippen LogP contribution in [-0.2, 0) is 6.18 Å². The lowest BCUT2D eigenvalue weighted by Crippen LogP contribution is -2.12. The summed E-state index contributed by atoms with van der Waals surface area (Å²) >= 11 is 10.6. The summed E-state index contributed by atoms with van der Waals surface area (Å²) in [6.45, 7) is -3.42. The summed E-state index contributed by atoms with van der Waals surface area (Å²) in [5, 5.41) is -1.34. The van der Waals surface area contributed by atoms with Gasteiger partial charge in [0.2, 0.25) is 0 Å². The van der Waals surface area contributed by atoms with E-state index in [9.17, 15) is 22.0 Å². The molecule has 0 heterocycles. The van der Waals surface area contributed by atoms with Gasteiger partial charge in [0, 0.05) is 0 Å². The standard InChI is InChI=1S/C8H3Cl2F5O/c9-3-1-2-4(10)6(16-7(11)12)5(3)8(13,14)15/h1-2,7H. The van der Waals surface area contributed by atoms with E-state index in [1.165, 1.54) is 0 Å². The summed E-state index contributed by atoms with van der Waals surface area (Å²) in [7, 11) is 0. The van der Waals surface area contributed by atoms with E-state index in [1.54, 1.807) is 0 Å². The first-order valence-corrected chi connectivity index (χ1v) is 4.49. The van der Waals surface area contributed by atoms with E-state index in [-0.39, 0.29) is 0 Å². The zero-order chi connectivity index (χ0) is 12.5. The molecule has 1 nitrogen and oxygen atoms in total. The van der Waals surface area contributed by atoms with Gasteiger partial charge in [0.15, 0.2) is 5.75 Å². The van der Waals surface area contributed by atoms with Crippen LogP contribution in [0.1, 0.15) is 5.56 Å². The van der Waals surface area contributed by atoms with Crippen molar-refractivity contribution >= 4 is 23.2 Å². The molecule has 0 aliphatic rings. The van der Waals surface area contributed by atoms with Crippen molar-refractivity contribution in [3.8, 4) is 5.75 Å². The van der Waals surface area contributed by atoms with Gasteiger partial charge in [-0.2, -0.15) is 22.0 Å². The van der Waals surface area contributed by atoms with E-state index in [0.717, 1.165) is 12.1 Å².